The number of nitrogens with zero attached hydrogens (tertiary/aromatic N) is 1. The van der Waals surface area contributed by atoms with Crippen LogP contribution < -0.4 is 0 Å². The van der Waals surface area contributed by atoms with Gasteiger partial charge in [0.25, 0.3) is 11.7 Å². The minimum Gasteiger partial charge on any atom is -0.460 e. The molecule has 2 saturated heterocycles. The fourth-order valence-corrected chi connectivity index (χ4v) is 10.1. The van der Waals surface area contributed by atoms with Gasteiger partial charge in [0.05, 0.1) is 24.4 Å². The van der Waals surface area contributed by atoms with Gasteiger partial charge in [0.15, 0.2) is 5.78 Å². The zero-order chi connectivity index (χ0) is 48.2. The molecule has 3 aliphatic heterocycles. The van der Waals surface area contributed by atoms with Crippen LogP contribution in [0.25, 0.3) is 0 Å². The second-order valence-electron chi connectivity index (χ2n) is 19.6. The Labute approximate surface area is 387 Å². The molecule has 3 N–H and O–H groups in total. The number of carbonyl (C=O) groups is 5. The highest BCUT2D eigenvalue weighted by molar-refractivity contribution is 6.39. The summed E-state index contributed by atoms with van der Waals surface area (Å²) in [4.78, 5) is 71.8. The number of esters is 1. The van der Waals surface area contributed by atoms with E-state index in [0.29, 0.717) is 63.4 Å². The first-order valence-electron chi connectivity index (χ1n) is 23.9. The van der Waals surface area contributed by atoms with Crippen molar-refractivity contribution < 1.29 is 63.0 Å². The van der Waals surface area contributed by atoms with E-state index >= 15 is 0 Å². The lowest BCUT2D eigenvalue weighted by molar-refractivity contribution is -0.265. The number of methoxy groups -OCH3 is 3. The predicted molar refractivity (Wildman–Crippen MR) is 245 cm³/mol. The first kappa shape index (κ1) is 54.2. The number of aliphatic hydroxyl groups excluding tert-OH is 2. The summed E-state index contributed by atoms with van der Waals surface area (Å²) in [5.74, 6) is -7.96. The monoisotopic (exact) mass is 914 g/mol. The van der Waals surface area contributed by atoms with Gasteiger partial charge in [-0.05, 0) is 107 Å². The lowest BCUT2D eigenvalue weighted by Gasteiger charge is -2.42. The van der Waals surface area contributed by atoms with E-state index in [0.717, 1.165) is 12.0 Å². The molecule has 2 bridgehead atoms. The Kier molecular flexibility index (Phi) is 21.0. The number of hydrogen-bond acceptors (Lipinski definition) is 13. The molecule has 4 aliphatic rings. The van der Waals surface area contributed by atoms with Gasteiger partial charge in [-0.3, -0.25) is 19.2 Å². The Hall–Kier alpha value is -3.37. The minimum atomic E-state index is -2.43. The number of ketones is 3. The first-order chi connectivity index (χ1) is 30.7. The second kappa shape index (κ2) is 25.1. The van der Waals surface area contributed by atoms with Crippen LogP contribution in [0.3, 0.4) is 0 Å². The lowest BCUT2D eigenvalue weighted by atomic mass is 9.78. The predicted octanol–water partition coefficient (Wildman–Crippen LogP) is 6.18. The van der Waals surface area contributed by atoms with E-state index in [1.807, 2.05) is 58.1 Å². The van der Waals surface area contributed by atoms with Crippen LogP contribution in [-0.4, -0.2) is 132 Å². The molecule has 1 amide bonds. The molecule has 0 radical (unpaired) electrons. The molecule has 14 nitrogen and oxygen atoms in total. The molecule has 0 spiro atoms. The number of ether oxygens (including phenoxy) is 5. The SMILES string of the molecule is COC1CC2CCC(C)C(O)(O2)C(=O)C(=O)N2CCCCC2C(=O)OC(C(C)CC2CCC(O)C(OC)C2)CC(=O)C(C)/C=C(\C)C(O)C(OC)C(=O)C(C)CC(C)/C=C/C=C/C=C\1C. The molecule has 0 aromatic heterocycles. The van der Waals surface area contributed by atoms with E-state index < -0.39 is 83.9 Å². The van der Waals surface area contributed by atoms with E-state index in [-0.39, 0.29) is 54.8 Å². The van der Waals surface area contributed by atoms with Crippen LogP contribution in [0.2, 0.25) is 0 Å². The molecule has 0 aromatic carbocycles. The van der Waals surface area contributed by atoms with Crippen LogP contribution in [0.15, 0.2) is 47.6 Å². The number of rotatable bonds is 6. The standard InChI is InChI=1S/C51H79NO13/c1-30-16-12-11-13-17-31(2)42(61-8)28-38-21-19-36(7)51(60,65-38)48(57)49(58)52-23-15-14-18-39(52)50(59)64-43(33(4)26-37-20-22-40(53)44(27-37)62-9)29-41(54)32(3)25-35(6)46(56)47(63-10)45(55)34(5)24-30/h11-13,16-17,25,30,32-34,36-40,42-44,46-47,53,56,60H,14-15,18-24,26-29H2,1-10H3/b13-11+,16-12+,31-17-,35-25+. The van der Waals surface area contributed by atoms with Gasteiger partial charge in [0.2, 0.25) is 5.79 Å². The van der Waals surface area contributed by atoms with E-state index in [9.17, 15) is 39.3 Å². The third-order valence-corrected chi connectivity index (χ3v) is 14.5. The summed E-state index contributed by atoms with van der Waals surface area (Å²) in [6, 6.07) is -1.14. The Bertz CT molecular complexity index is 1760. The molecule has 0 aromatic rings. The van der Waals surface area contributed by atoms with Crippen LogP contribution in [0.1, 0.15) is 126 Å². The highest BCUT2D eigenvalue weighted by Gasteiger charge is 2.53. The van der Waals surface area contributed by atoms with Crippen LogP contribution >= 0.6 is 0 Å². The number of aliphatic hydroxyl groups is 3. The van der Waals surface area contributed by atoms with Gasteiger partial charge in [-0.1, -0.05) is 71.1 Å². The summed E-state index contributed by atoms with van der Waals surface area (Å²) in [6.45, 7) is 12.7. The Morgan fingerprint density at radius 1 is 0.846 bits per heavy atom. The molecular weight excluding hydrogens is 835 g/mol. The largest absolute Gasteiger partial charge is 0.460 e. The molecule has 4 rings (SSSR count). The quantitative estimate of drug-likeness (QED) is 0.156. The fourth-order valence-electron chi connectivity index (χ4n) is 10.1. The van der Waals surface area contributed by atoms with Crippen LogP contribution in [0.4, 0.5) is 0 Å². The summed E-state index contributed by atoms with van der Waals surface area (Å²) in [7, 11) is 4.52. The molecule has 3 heterocycles. The molecular formula is C51H79NO13. The first-order valence-corrected chi connectivity index (χ1v) is 23.9. The van der Waals surface area contributed by atoms with Gasteiger partial charge >= 0.3 is 5.97 Å². The molecule has 14 heteroatoms. The fraction of sp³-hybridized carbons (Fsp3) is 0.745. The normalized spacial score (nSPS) is 40.4. The number of fused-ring (bicyclic) bond motifs is 3. The average Bonchev–Trinajstić information content (AvgIpc) is 3.28. The van der Waals surface area contributed by atoms with Crippen molar-refractivity contribution in [3.63, 3.8) is 0 Å². The zero-order valence-corrected chi connectivity index (χ0v) is 40.6. The number of Topliss-reactive ketones (excluding diaryl/α,β-unsaturated/α-hetero) is 3. The Morgan fingerprint density at radius 2 is 1.57 bits per heavy atom. The van der Waals surface area contributed by atoms with E-state index in [2.05, 4.69) is 0 Å². The third kappa shape index (κ3) is 14.3. The van der Waals surface area contributed by atoms with Gasteiger partial charge < -0.3 is 43.9 Å². The van der Waals surface area contributed by atoms with Gasteiger partial charge in [0.1, 0.15) is 30.1 Å². The molecule has 15 atom stereocenters. The number of carbonyl (C=O) groups excluding carboxylic acids is 5. The minimum absolute atomic E-state index is 0.0193. The number of piperidine rings is 1. The van der Waals surface area contributed by atoms with Crippen molar-refractivity contribution in [2.75, 3.05) is 27.9 Å². The van der Waals surface area contributed by atoms with Gasteiger partial charge in [0, 0.05) is 58.5 Å². The van der Waals surface area contributed by atoms with Gasteiger partial charge in [-0.25, -0.2) is 4.79 Å². The lowest BCUT2D eigenvalue weighted by Crippen LogP contribution is -2.61. The zero-order valence-electron chi connectivity index (χ0n) is 40.6. The highest BCUT2D eigenvalue weighted by atomic mass is 16.6. The summed E-state index contributed by atoms with van der Waals surface area (Å²) in [6.07, 6.45) is 11.2. The van der Waals surface area contributed by atoms with Crippen molar-refractivity contribution in [3.05, 3.63) is 47.6 Å². The number of hydrogen-bond donors (Lipinski definition) is 3. The van der Waals surface area contributed by atoms with Crippen molar-refractivity contribution in [2.24, 2.45) is 35.5 Å². The summed E-state index contributed by atoms with van der Waals surface area (Å²) in [5, 5.41) is 33.8. The van der Waals surface area contributed by atoms with Gasteiger partial charge in [-0.15, -0.1) is 0 Å². The summed E-state index contributed by atoms with van der Waals surface area (Å²) < 4.78 is 29.4. The second-order valence-corrected chi connectivity index (χ2v) is 19.6. The molecule has 3 fully saturated rings. The molecule has 366 valence electrons. The van der Waals surface area contributed by atoms with Crippen molar-refractivity contribution in [3.8, 4) is 0 Å². The highest BCUT2D eigenvalue weighted by Crippen LogP contribution is 2.38. The van der Waals surface area contributed by atoms with Crippen LogP contribution in [0, 0.1) is 35.5 Å². The van der Waals surface area contributed by atoms with Crippen molar-refractivity contribution in [1.29, 1.82) is 0 Å². The maximum atomic E-state index is 14.4. The maximum Gasteiger partial charge on any atom is 0.329 e. The van der Waals surface area contributed by atoms with E-state index in [4.69, 9.17) is 23.7 Å². The molecule has 1 aliphatic carbocycles. The summed E-state index contributed by atoms with van der Waals surface area (Å²) >= 11 is 0. The van der Waals surface area contributed by atoms with Crippen molar-refractivity contribution in [1.82, 2.24) is 4.90 Å². The molecule has 1 saturated carbocycles. The topological polar surface area (TPSA) is 195 Å². The van der Waals surface area contributed by atoms with Crippen LogP contribution in [-0.2, 0) is 47.7 Å². The number of cyclic esters (lactones) is 1. The Morgan fingerprint density at radius 3 is 2.25 bits per heavy atom. The average molecular weight is 914 g/mol. The van der Waals surface area contributed by atoms with Crippen molar-refractivity contribution >= 4 is 29.2 Å². The number of amides is 1. The number of allylic oxidation sites excluding steroid dienone is 6. The van der Waals surface area contributed by atoms with E-state index in [1.165, 1.54) is 12.0 Å². The Balaban J connectivity index is 1.70. The summed E-state index contributed by atoms with van der Waals surface area (Å²) in [5.41, 5.74) is 1.27. The van der Waals surface area contributed by atoms with Crippen molar-refractivity contribution in [2.45, 2.75) is 180 Å². The van der Waals surface area contributed by atoms with E-state index in [1.54, 1.807) is 41.1 Å². The maximum absolute atomic E-state index is 14.4. The molecule has 65 heavy (non-hydrogen) atoms. The smallest absolute Gasteiger partial charge is 0.329 e. The van der Waals surface area contributed by atoms with Gasteiger partial charge in [-0.2, -0.15) is 0 Å². The van der Waals surface area contributed by atoms with Crippen LogP contribution in [0.5, 0.6) is 0 Å². The third-order valence-electron chi connectivity index (χ3n) is 14.5. The molecule has 15 unspecified atom stereocenters.